The molecule has 1 unspecified atom stereocenters. The van der Waals surface area contributed by atoms with E-state index in [0.29, 0.717) is 29.8 Å². The highest BCUT2D eigenvalue weighted by molar-refractivity contribution is 7.99. The van der Waals surface area contributed by atoms with Crippen molar-refractivity contribution in [3.05, 3.63) is 58.1 Å². The summed E-state index contributed by atoms with van der Waals surface area (Å²) in [5.74, 6) is 5.75. The summed E-state index contributed by atoms with van der Waals surface area (Å²) in [6.07, 6.45) is 9.50. The molecule has 4 aliphatic rings. The Kier molecular flexibility index (Phi) is 7.83. The Bertz CT molecular complexity index is 1380. The minimum Gasteiger partial charge on any atom is -0.490 e. The molecule has 2 aliphatic carbocycles. The number of anilines is 1. The molecule has 1 saturated carbocycles. The summed E-state index contributed by atoms with van der Waals surface area (Å²) in [5.41, 5.74) is 3.91. The van der Waals surface area contributed by atoms with Gasteiger partial charge in [-0.3, -0.25) is 9.52 Å². The topological polar surface area (TPSA) is 67.9 Å². The van der Waals surface area contributed by atoms with Crippen LogP contribution in [0.2, 0.25) is 5.02 Å². The Morgan fingerprint density at radius 1 is 1.12 bits per heavy atom. The largest absolute Gasteiger partial charge is 0.490 e. The van der Waals surface area contributed by atoms with Crippen LogP contribution in [0.1, 0.15) is 72.9 Å². The van der Waals surface area contributed by atoms with Gasteiger partial charge in [-0.05, 0) is 104 Å². The molecule has 2 heterocycles. The van der Waals surface area contributed by atoms with Gasteiger partial charge in [0.2, 0.25) is 0 Å². The van der Waals surface area contributed by atoms with Crippen LogP contribution in [0.4, 0.5) is 5.69 Å². The van der Waals surface area contributed by atoms with E-state index in [4.69, 9.17) is 21.1 Å². The van der Waals surface area contributed by atoms with Crippen molar-refractivity contribution in [2.45, 2.75) is 69.3 Å². The number of nitrogens with zero attached hydrogens (tertiary/aromatic N) is 1. The zero-order valence-electron chi connectivity index (χ0n) is 23.5. The maximum Gasteiger partial charge on any atom is 0.262 e. The van der Waals surface area contributed by atoms with Crippen molar-refractivity contribution >= 4 is 38.8 Å². The molecule has 2 aromatic carbocycles. The summed E-state index contributed by atoms with van der Waals surface area (Å²) in [6.45, 7) is 2.29. The Hall–Kier alpha value is -2.22. The maximum absolute atomic E-state index is 13.3. The average molecular weight is 585 g/mol. The number of benzene rings is 2. The Balaban J connectivity index is 1.41. The molecule has 0 saturated heterocycles. The summed E-state index contributed by atoms with van der Waals surface area (Å²) in [5, 5.41) is 0.777. The van der Waals surface area contributed by atoms with Crippen LogP contribution in [0.5, 0.6) is 5.75 Å². The Morgan fingerprint density at radius 3 is 2.80 bits per heavy atom. The van der Waals surface area contributed by atoms with Crippen LogP contribution in [-0.4, -0.2) is 54.6 Å². The number of methoxy groups -OCH3 is 1. The van der Waals surface area contributed by atoms with Crippen molar-refractivity contribution in [1.29, 1.82) is 0 Å². The number of hydrogen-bond acceptors (Lipinski definition) is 5. The fourth-order valence-corrected chi connectivity index (χ4v) is 8.92. The SMILES string of the molecule is C=S1(=O)CCCCC[C@@H](OC)[C@@H]2CC[C@H]2CN2C[C@@]3(CCCc4cc(Cl)ccc43)COc3ccc(cc32)C(=O)N1. The molecule has 1 spiro atoms. The van der Waals surface area contributed by atoms with E-state index in [9.17, 15) is 9.00 Å². The molecule has 40 heavy (non-hydrogen) atoms. The van der Waals surface area contributed by atoms with Crippen molar-refractivity contribution in [2.75, 3.05) is 37.5 Å². The minimum absolute atomic E-state index is 0.165. The predicted octanol–water partition coefficient (Wildman–Crippen LogP) is 5.79. The van der Waals surface area contributed by atoms with Gasteiger partial charge in [-0.25, -0.2) is 4.21 Å². The van der Waals surface area contributed by atoms with Crippen LogP contribution in [0.3, 0.4) is 0 Å². The van der Waals surface area contributed by atoms with Crippen LogP contribution < -0.4 is 14.4 Å². The van der Waals surface area contributed by atoms with Crippen LogP contribution >= 0.6 is 11.6 Å². The van der Waals surface area contributed by atoms with Crippen molar-refractivity contribution in [3.63, 3.8) is 0 Å². The molecule has 2 aromatic rings. The molecular weight excluding hydrogens is 544 g/mol. The first-order chi connectivity index (χ1) is 19.3. The summed E-state index contributed by atoms with van der Waals surface area (Å²) < 4.78 is 28.5. The van der Waals surface area contributed by atoms with Crippen LogP contribution in [0.25, 0.3) is 0 Å². The van der Waals surface area contributed by atoms with E-state index in [1.807, 2.05) is 25.3 Å². The number of nitrogens with one attached hydrogen (secondary N) is 1. The monoisotopic (exact) mass is 584 g/mol. The summed E-state index contributed by atoms with van der Waals surface area (Å²) >= 11 is 6.41. The van der Waals surface area contributed by atoms with Gasteiger partial charge in [0.15, 0.2) is 0 Å². The standard InChI is InChI=1S/C32H41ClN2O4S/c1-38-29-8-4-3-5-16-40(2,37)34-31(36)23-10-14-30-28(18-23)35(19-24-9-12-26(24)29)20-32(21-39-30)15-6-7-22-17-25(33)11-13-27(22)32/h10-11,13-14,17-18,24,26,29H,2-9,12,15-16,19-21H2,1H3,(H,34,36,37)/t24-,26+,29+,32-,40?/m0/s1. The fourth-order valence-electron chi connectivity index (χ4n) is 7.49. The minimum atomic E-state index is -2.72. The number of halogens is 1. The number of carbonyl (C=O) groups is 1. The summed E-state index contributed by atoms with van der Waals surface area (Å²) in [7, 11) is -0.879. The fraction of sp³-hybridized carbons (Fsp3) is 0.562. The molecule has 6 nitrogen and oxygen atoms in total. The third-order valence-corrected chi connectivity index (χ3v) is 11.5. The van der Waals surface area contributed by atoms with Crippen molar-refractivity contribution in [3.8, 4) is 5.75 Å². The van der Waals surface area contributed by atoms with Crippen molar-refractivity contribution in [1.82, 2.24) is 4.72 Å². The predicted molar refractivity (Wildman–Crippen MR) is 163 cm³/mol. The summed E-state index contributed by atoms with van der Waals surface area (Å²) in [4.78, 5) is 15.8. The molecule has 8 heteroatoms. The van der Waals surface area contributed by atoms with E-state index in [2.05, 4.69) is 27.6 Å². The van der Waals surface area contributed by atoms with Crippen LogP contribution in [0.15, 0.2) is 36.4 Å². The van der Waals surface area contributed by atoms with Crippen LogP contribution in [0, 0.1) is 11.8 Å². The number of fused-ring (bicyclic) bond motifs is 4. The molecule has 1 N–H and O–H groups in total. The van der Waals surface area contributed by atoms with Gasteiger partial charge in [0.05, 0.1) is 18.4 Å². The van der Waals surface area contributed by atoms with Gasteiger partial charge in [0, 0.05) is 51.7 Å². The number of ether oxygens (including phenoxy) is 2. The number of carbonyl (C=O) groups excluding carboxylic acids is 1. The average Bonchev–Trinajstić information content (AvgIpc) is 3.06. The number of aryl methyl sites for hydroxylation is 1. The molecule has 6 rings (SSSR count). The molecule has 5 atom stereocenters. The third-order valence-electron chi connectivity index (χ3n) is 9.75. The van der Waals surface area contributed by atoms with Crippen LogP contribution in [-0.2, 0) is 26.3 Å². The first kappa shape index (κ1) is 27.9. The highest BCUT2D eigenvalue weighted by Gasteiger charge is 2.44. The van der Waals surface area contributed by atoms with E-state index >= 15 is 0 Å². The van der Waals surface area contributed by atoms with E-state index in [-0.39, 0.29) is 17.4 Å². The van der Waals surface area contributed by atoms with Crippen molar-refractivity contribution < 1.29 is 18.5 Å². The van der Waals surface area contributed by atoms with Gasteiger partial charge in [-0.15, -0.1) is 0 Å². The first-order valence-corrected chi connectivity index (χ1v) is 17.0. The van der Waals surface area contributed by atoms with Gasteiger partial charge in [0.1, 0.15) is 5.75 Å². The zero-order valence-corrected chi connectivity index (χ0v) is 25.0. The molecule has 2 aliphatic heterocycles. The van der Waals surface area contributed by atoms with Gasteiger partial charge < -0.3 is 14.4 Å². The third kappa shape index (κ3) is 5.49. The lowest BCUT2D eigenvalue weighted by Crippen LogP contribution is -2.49. The lowest BCUT2D eigenvalue weighted by atomic mass is 9.68. The second-order valence-electron chi connectivity index (χ2n) is 12.4. The highest BCUT2D eigenvalue weighted by atomic mass is 35.5. The number of hydrogen-bond donors (Lipinski definition) is 1. The quantitative estimate of drug-likeness (QED) is 0.430. The lowest BCUT2D eigenvalue weighted by molar-refractivity contribution is -0.0220. The molecule has 0 radical (unpaired) electrons. The zero-order chi connectivity index (χ0) is 27.9. The van der Waals surface area contributed by atoms with Gasteiger partial charge in [-0.1, -0.05) is 30.5 Å². The van der Waals surface area contributed by atoms with Gasteiger partial charge in [0.25, 0.3) is 5.91 Å². The lowest BCUT2D eigenvalue weighted by Gasteiger charge is -2.46. The van der Waals surface area contributed by atoms with Gasteiger partial charge in [-0.2, -0.15) is 0 Å². The van der Waals surface area contributed by atoms with Crippen molar-refractivity contribution in [2.24, 2.45) is 11.8 Å². The maximum atomic E-state index is 13.3. The second-order valence-corrected chi connectivity index (χ2v) is 15.0. The Labute approximate surface area is 243 Å². The molecule has 1 amide bonds. The molecule has 1 fully saturated rings. The normalized spacial score (nSPS) is 32.6. The number of rotatable bonds is 1. The van der Waals surface area contributed by atoms with E-state index < -0.39 is 9.71 Å². The van der Waals surface area contributed by atoms with E-state index in [1.54, 1.807) is 6.07 Å². The molecular formula is C32H41ClN2O4S. The summed E-state index contributed by atoms with van der Waals surface area (Å²) in [6, 6.07) is 11.9. The van der Waals surface area contributed by atoms with E-state index in [1.165, 1.54) is 24.0 Å². The Morgan fingerprint density at radius 2 is 2.00 bits per heavy atom. The number of amides is 1. The second kappa shape index (κ2) is 11.2. The van der Waals surface area contributed by atoms with E-state index in [0.717, 1.165) is 74.5 Å². The highest BCUT2D eigenvalue weighted by Crippen LogP contribution is 2.47. The molecule has 0 aromatic heterocycles. The van der Waals surface area contributed by atoms with Gasteiger partial charge >= 0.3 is 0 Å². The first-order valence-electron chi connectivity index (χ1n) is 14.8. The molecule has 2 bridgehead atoms. The smallest absolute Gasteiger partial charge is 0.262 e. The molecule has 216 valence electrons.